The number of carbonyl (C=O) groups is 3. The molecule has 0 aromatic heterocycles. The SMILES string of the molecule is CC(C)(CN)CC(=O)O.CC(C)(CNC(=O)OC(C)(C)C)CC(=O)O.Cl. The summed E-state index contributed by atoms with van der Waals surface area (Å²) in [4.78, 5) is 32.0. The average Bonchev–Trinajstić information content (AvgIpc) is 2.32. The highest BCUT2D eigenvalue weighted by Crippen LogP contribution is 2.19. The molecule has 0 aliphatic heterocycles. The Balaban J connectivity index is -0.000000453. The number of nitrogens with two attached hydrogens (primary N) is 1. The summed E-state index contributed by atoms with van der Waals surface area (Å²) in [5.41, 5.74) is 4.01. The van der Waals surface area contributed by atoms with Crippen LogP contribution in [0.3, 0.4) is 0 Å². The molecule has 0 aliphatic carbocycles. The van der Waals surface area contributed by atoms with E-state index >= 15 is 0 Å². The number of amides is 1. The van der Waals surface area contributed by atoms with E-state index in [1.54, 1.807) is 34.6 Å². The summed E-state index contributed by atoms with van der Waals surface area (Å²) in [7, 11) is 0. The van der Waals surface area contributed by atoms with E-state index in [-0.39, 0.29) is 37.2 Å². The van der Waals surface area contributed by atoms with Crippen LogP contribution in [-0.4, -0.2) is 46.9 Å². The normalized spacial score (nSPS) is 11.4. The third kappa shape index (κ3) is 20.5. The number of hydrogen-bond acceptors (Lipinski definition) is 5. The van der Waals surface area contributed by atoms with Crippen molar-refractivity contribution in [2.75, 3.05) is 13.1 Å². The lowest BCUT2D eigenvalue weighted by Gasteiger charge is -2.25. The highest BCUT2D eigenvalue weighted by atomic mass is 35.5. The highest BCUT2D eigenvalue weighted by Gasteiger charge is 2.24. The second kappa shape index (κ2) is 12.0. The first-order valence-electron chi connectivity index (χ1n) is 8.10. The fraction of sp³-hybridized carbons (Fsp3) is 0.824. The zero-order valence-electron chi connectivity index (χ0n) is 16.8. The van der Waals surface area contributed by atoms with Gasteiger partial charge in [0.2, 0.25) is 0 Å². The monoisotopic (exact) mass is 398 g/mol. The van der Waals surface area contributed by atoms with Gasteiger partial charge in [-0.1, -0.05) is 27.7 Å². The Bertz CT molecular complexity index is 459. The van der Waals surface area contributed by atoms with Gasteiger partial charge < -0.3 is 26.0 Å². The van der Waals surface area contributed by atoms with Gasteiger partial charge in [0.15, 0.2) is 0 Å². The van der Waals surface area contributed by atoms with Crippen LogP contribution in [0.25, 0.3) is 0 Å². The van der Waals surface area contributed by atoms with Gasteiger partial charge >= 0.3 is 18.0 Å². The molecule has 0 aromatic carbocycles. The van der Waals surface area contributed by atoms with Gasteiger partial charge in [0, 0.05) is 6.54 Å². The highest BCUT2D eigenvalue weighted by molar-refractivity contribution is 5.85. The molecular formula is C17H35ClN2O6. The van der Waals surface area contributed by atoms with Crippen LogP contribution in [-0.2, 0) is 14.3 Å². The van der Waals surface area contributed by atoms with Crippen molar-refractivity contribution in [3.05, 3.63) is 0 Å². The van der Waals surface area contributed by atoms with Crippen LogP contribution >= 0.6 is 12.4 Å². The van der Waals surface area contributed by atoms with Crippen LogP contribution in [0.15, 0.2) is 0 Å². The molecule has 0 aromatic rings. The molecule has 0 saturated carbocycles. The number of alkyl carbamates (subject to hydrolysis) is 1. The molecule has 26 heavy (non-hydrogen) atoms. The van der Waals surface area contributed by atoms with E-state index in [1.807, 2.05) is 13.8 Å². The number of nitrogens with one attached hydrogen (secondary N) is 1. The molecule has 5 N–H and O–H groups in total. The first-order chi connectivity index (χ1) is 11.0. The van der Waals surface area contributed by atoms with E-state index in [4.69, 9.17) is 20.7 Å². The van der Waals surface area contributed by atoms with Gasteiger partial charge in [0.05, 0.1) is 12.8 Å². The predicted molar refractivity (Wildman–Crippen MR) is 103 cm³/mol. The van der Waals surface area contributed by atoms with Crippen molar-refractivity contribution in [3.63, 3.8) is 0 Å². The molecule has 1 amide bonds. The molecule has 8 nitrogen and oxygen atoms in total. The van der Waals surface area contributed by atoms with Crippen molar-refractivity contribution in [2.45, 2.75) is 66.9 Å². The maximum Gasteiger partial charge on any atom is 0.407 e. The van der Waals surface area contributed by atoms with Gasteiger partial charge in [-0.25, -0.2) is 4.79 Å². The van der Waals surface area contributed by atoms with E-state index in [0.29, 0.717) is 6.54 Å². The Morgan fingerprint density at radius 1 is 0.885 bits per heavy atom. The molecule has 0 unspecified atom stereocenters. The van der Waals surface area contributed by atoms with Crippen molar-refractivity contribution in [2.24, 2.45) is 16.6 Å². The fourth-order valence-corrected chi connectivity index (χ4v) is 1.58. The Labute approximate surface area is 162 Å². The standard InChI is InChI=1S/C11H21NO4.C6H13NO2.ClH/c1-10(2,3)16-9(15)12-7-11(4,5)6-8(13)14;1-6(2,4-7)3-5(8)9;/h6-7H2,1-5H3,(H,12,15)(H,13,14);3-4,7H2,1-2H3,(H,8,9);1H. The number of rotatable bonds is 7. The molecular weight excluding hydrogens is 364 g/mol. The molecule has 0 rings (SSSR count). The molecule has 0 fully saturated rings. The Hall–Kier alpha value is -1.54. The average molecular weight is 399 g/mol. The van der Waals surface area contributed by atoms with Gasteiger partial charge in [-0.3, -0.25) is 9.59 Å². The van der Waals surface area contributed by atoms with Crippen LogP contribution in [0.4, 0.5) is 4.79 Å². The summed E-state index contributed by atoms with van der Waals surface area (Å²) < 4.78 is 5.04. The quantitative estimate of drug-likeness (QED) is 0.516. The number of carboxylic acids is 2. The Kier molecular flexibility index (Phi) is 13.4. The minimum atomic E-state index is -0.879. The van der Waals surface area contributed by atoms with E-state index in [2.05, 4.69) is 5.32 Å². The van der Waals surface area contributed by atoms with Crippen LogP contribution in [0.5, 0.6) is 0 Å². The second-order valence-electron chi connectivity index (χ2n) is 8.53. The van der Waals surface area contributed by atoms with Crippen LogP contribution in [0, 0.1) is 10.8 Å². The third-order valence-electron chi connectivity index (χ3n) is 2.92. The molecule has 9 heteroatoms. The van der Waals surface area contributed by atoms with E-state index in [0.717, 1.165) is 0 Å². The molecule has 0 spiro atoms. The first kappa shape index (κ1) is 29.2. The minimum absolute atomic E-state index is 0. The lowest BCUT2D eigenvalue weighted by molar-refractivity contribution is -0.140. The Morgan fingerprint density at radius 3 is 1.54 bits per heavy atom. The second-order valence-corrected chi connectivity index (χ2v) is 8.53. The number of ether oxygens (including phenoxy) is 1. The van der Waals surface area contributed by atoms with Crippen LogP contribution < -0.4 is 11.1 Å². The van der Waals surface area contributed by atoms with Crippen molar-refractivity contribution in [1.29, 1.82) is 0 Å². The van der Waals surface area contributed by atoms with Crippen molar-refractivity contribution in [1.82, 2.24) is 5.32 Å². The zero-order valence-corrected chi connectivity index (χ0v) is 17.7. The molecule has 0 radical (unpaired) electrons. The van der Waals surface area contributed by atoms with Gasteiger partial charge in [0.25, 0.3) is 0 Å². The van der Waals surface area contributed by atoms with Crippen molar-refractivity contribution in [3.8, 4) is 0 Å². The van der Waals surface area contributed by atoms with Gasteiger partial charge in [-0.05, 0) is 38.1 Å². The van der Waals surface area contributed by atoms with Crippen LogP contribution in [0.1, 0.15) is 61.3 Å². The zero-order chi connectivity index (χ0) is 20.5. The Morgan fingerprint density at radius 2 is 1.27 bits per heavy atom. The number of halogens is 1. The predicted octanol–water partition coefficient (Wildman–Crippen LogP) is 2.88. The summed E-state index contributed by atoms with van der Waals surface area (Å²) in [6, 6.07) is 0. The maximum atomic E-state index is 11.3. The molecule has 0 bridgehead atoms. The lowest BCUT2D eigenvalue weighted by Crippen LogP contribution is -2.38. The first-order valence-corrected chi connectivity index (χ1v) is 8.10. The van der Waals surface area contributed by atoms with Gasteiger partial charge in [0.1, 0.15) is 5.60 Å². The number of aliphatic carboxylic acids is 2. The minimum Gasteiger partial charge on any atom is -0.481 e. The third-order valence-corrected chi connectivity index (χ3v) is 2.92. The van der Waals surface area contributed by atoms with Crippen LogP contribution in [0.2, 0.25) is 0 Å². The molecule has 0 heterocycles. The summed E-state index contributed by atoms with van der Waals surface area (Å²) in [6.07, 6.45) is -0.377. The summed E-state index contributed by atoms with van der Waals surface area (Å²) in [5, 5.41) is 19.5. The van der Waals surface area contributed by atoms with E-state index < -0.39 is 29.0 Å². The van der Waals surface area contributed by atoms with E-state index in [9.17, 15) is 14.4 Å². The fourth-order valence-electron chi connectivity index (χ4n) is 1.58. The molecule has 0 atom stereocenters. The topological polar surface area (TPSA) is 139 Å². The number of hydrogen-bond donors (Lipinski definition) is 4. The maximum absolute atomic E-state index is 11.3. The lowest BCUT2D eigenvalue weighted by atomic mass is 9.89. The summed E-state index contributed by atoms with van der Waals surface area (Å²) in [5.74, 6) is -1.67. The number of carboxylic acid groups (broad SMARTS) is 2. The van der Waals surface area contributed by atoms with Gasteiger partial charge in [-0.2, -0.15) is 0 Å². The summed E-state index contributed by atoms with van der Waals surface area (Å²) in [6.45, 7) is 13.2. The van der Waals surface area contributed by atoms with Crippen molar-refractivity contribution < 1.29 is 29.3 Å². The molecule has 0 saturated heterocycles. The smallest absolute Gasteiger partial charge is 0.407 e. The van der Waals surface area contributed by atoms with E-state index in [1.165, 1.54) is 0 Å². The van der Waals surface area contributed by atoms with Gasteiger partial charge in [-0.15, -0.1) is 12.4 Å². The molecule has 0 aliphatic rings. The number of carbonyl (C=O) groups excluding carboxylic acids is 1. The molecule has 156 valence electrons. The summed E-state index contributed by atoms with van der Waals surface area (Å²) >= 11 is 0. The van der Waals surface area contributed by atoms with Crippen molar-refractivity contribution >= 4 is 30.4 Å². The largest absolute Gasteiger partial charge is 0.481 e.